The molecule has 2 heterocycles. The molecule has 0 saturated carbocycles. The molecular formula is C15H17ClN4O4S. The van der Waals surface area contributed by atoms with Gasteiger partial charge in [-0.3, -0.25) is 0 Å². The first kappa shape index (κ1) is 19.1. The van der Waals surface area contributed by atoms with Gasteiger partial charge in [0.25, 0.3) is 0 Å². The lowest BCUT2D eigenvalue weighted by molar-refractivity contribution is 0.0477. The SMILES string of the molecule is CCCCOC(=O)c1nc(Nc2cc(Cl)nc(C)n2)sc1C(=O)OC. The molecule has 0 atom stereocenters. The number of carbonyl (C=O) groups excluding carboxylic acids is 2. The van der Waals surface area contributed by atoms with Crippen LogP contribution in [0, 0.1) is 6.92 Å². The van der Waals surface area contributed by atoms with Gasteiger partial charge in [-0.15, -0.1) is 0 Å². The molecule has 2 aromatic heterocycles. The summed E-state index contributed by atoms with van der Waals surface area (Å²) in [6.45, 7) is 3.93. The summed E-state index contributed by atoms with van der Waals surface area (Å²) >= 11 is 6.86. The van der Waals surface area contributed by atoms with E-state index >= 15 is 0 Å². The number of anilines is 2. The molecule has 0 fully saturated rings. The monoisotopic (exact) mass is 384 g/mol. The fourth-order valence-corrected chi connectivity index (χ4v) is 2.93. The minimum Gasteiger partial charge on any atom is -0.465 e. The van der Waals surface area contributed by atoms with Gasteiger partial charge in [0.05, 0.1) is 13.7 Å². The number of esters is 2. The van der Waals surface area contributed by atoms with E-state index in [1.165, 1.54) is 13.2 Å². The summed E-state index contributed by atoms with van der Waals surface area (Å²) in [6.07, 6.45) is 1.61. The second-order valence-corrected chi connectivity index (χ2v) is 6.31. The van der Waals surface area contributed by atoms with Crippen LogP contribution >= 0.6 is 22.9 Å². The quantitative estimate of drug-likeness (QED) is 0.440. The van der Waals surface area contributed by atoms with E-state index in [2.05, 4.69) is 20.3 Å². The molecule has 0 amide bonds. The van der Waals surface area contributed by atoms with Crippen molar-refractivity contribution in [1.82, 2.24) is 15.0 Å². The number of hydrogen-bond donors (Lipinski definition) is 1. The van der Waals surface area contributed by atoms with Gasteiger partial charge in [0.15, 0.2) is 10.8 Å². The Labute approximate surface area is 153 Å². The number of rotatable bonds is 7. The van der Waals surface area contributed by atoms with E-state index in [0.29, 0.717) is 11.6 Å². The Hall–Kier alpha value is -2.26. The molecule has 0 aromatic carbocycles. The molecule has 0 aliphatic carbocycles. The van der Waals surface area contributed by atoms with Gasteiger partial charge in [0.1, 0.15) is 21.7 Å². The largest absolute Gasteiger partial charge is 0.465 e. The van der Waals surface area contributed by atoms with Crippen LogP contribution in [0.2, 0.25) is 5.15 Å². The van der Waals surface area contributed by atoms with E-state index in [9.17, 15) is 9.59 Å². The van der Waals surface area contributed by atoms with E-state index in [0.717, 1.165) is 24.2 Å². The predicted octanol–water partition coefficient (Wildman–Crippen LogP) is 3.38. The summed E-state index contributed by atoms with van der Waals surface area (Å²) < 4.78 is 9.83. The van der Waals surface area contributed by atoms with E-state index in [1.807, 2.05) is 6.92 Å². The maximum Gasteiger partial charge on any atom is 0.358 e. The third-order valence-corrected chi connectivity index (χ3v) is 4.11. The summed E-state index contributed by atoms with van der Waals surface area (Å²) in [5.74, 6) is -0.465. The number of nitrogens with zero attached hydrogens (tertiary/aromatic N) is 3. The molecular weight excluding hydrogens is 368 g/mol. The molecule has 2 rings (SSSR count). The van der Waals surface area contributed by atoms with Gasteiger partial charge in [-0.05, 0) is 13.3 Å². The van der Waals surface area contributed by atoms with Crippen molar-refractivity contribution < 1.29 is 19.1 Å². The third-order valence-electron chi connectivity index (χ3n) is 2.96. The molecule has 25 heavy (non-hydrogen) atoms. The number of halogens is 1. The lowest BCUT2D eigenvalue weighted by atomic mass is 10.3. The Morgan fingerprint density at radius 1 is 1.28 bits per heavy atom. The summed E-state index contributed by atoms with van der Waals surface area (Å²) in [7, 11) is 1.23. The third kappa shape index (κ3) is 5.10. The van der Waals surface area contributed by atoms with Crippen molar-refractivity contribution in [2.45, 2.75) is 26.7 Å². The van der Waals surface area contributed by atoms with Crippen LogP contribution < -0.4 is 5.32 Å². The first-order valence-electron chi connectivity index (χ1n) is 7.49. The van der Waals surface area contributed by atoms with Crippen molar-refractivity contribution in [3.63, 3.8) is 0 Å². The van der Waals surface area contributed by atoms with Crippen molar-refractivity contribution in [1.29, 1.82) is 0 Å². The Morgan fingerprint density at radius 3 is 2.68 bits per heavy atom. The maximum absolute atomic E-state index is 12.2. The van der Waals surface area contributed by atoms with Crippen LogP contribution in [0.3, 0.4) is 0 Å². The van der Waals surface area contributed by atoms with Gasteiger partial charge in [-0.25, -0.2) is 24.5 Å². The predicted molar refractivity (Wildman–Crippen MR) is 93.7 cm³/mol. The molecule has 0 bridgehead atoms. The van der Waals surface area contributed by atoms with Crippen molar-refractivity contribution in [2.24, 2.45) is 0 Å². The second-order valence-electron chi connectivity index (χ2n) is 4.93. The molecule has 0 spiro atoms. The topological polar surface area (TPSA) is 103 Å². The summed E-state index contributed by atoms with van der Waals surface area (Å²) in [5.41, 5.74) is -0.0904. The number of thiazole rings is 1. The minimum absolute atomic E-state index is 0.0587. The highest BCUT2D eigenvalue weighted by Gasteiger charge is 2.25. The number of carbonyl (C=O) groups is 2. The Morgan fingerprint density at radius 2 is 2.04 bits per heavy atom. The van der Waals surface area contributed by atoms with Crippen LogP contribution in [0.4, 0.5) is 10.9 Å². The van der Waals surface area contributed by atoms with Gasteiger partial charge < -0.3 is 14.8 Å². The molecule has 1 N–H and O–H groups in total. The average molecular weight is 385 g/mol. The highest BCUT2D eigenvalue weighted by molar-refractivity contribution is 7.17. The molecule has 134 valence electrons. The fourth-order valence-electron chi connectivity index (χ4n) is 1.83. The fraction of sp³-hybridized carbons (Fsp3) is 0.400. The first-order chi connectivity index (χ1) is 11.9. The number of unbranched alkanes of at least 4 members (excludes halogenated alkanes) is 1. The molecule has 10 heteroatoms. The smallest absolute Gasteiger partial charge is 0.358 e. The van der Waals surface area contributed by atoms with Crippen LogP contribution in [-0.4, -0.2) is 40.6 Å². The van der Waals surface area contributed by atoms with Gasteiger partial charge in [0, 0.05) is 6.07 Å². The van der Waals surface area contributed by atoms with Gasteiger partial charge in [-0.2, -0.15) is 0 Å². The van der Waals surface area contributed by atoms with Gasteiger partial charge in [-0.1, -0.05) is 36.3 Å². The lowest BCUT2D eigenvalue weighted by Crippen LogP contribution is -2.12. The Bertz CT molecular complexity index is 761. The summed E-state index contributed by atoms with van der Waals surface area (Å²) in [5, 5.41) is 3.46. The summed E-state index contributed by atoms with van der Waals surface area (Å²) in [6, 6.07) is 1.51. The van der Waals surface area contributed by atoms with E-state index < -0.39 is 11.9 Å². The van der Waals surface area contributed by atoms with E-state index in [4.69, 9.17) is 21.1 Å². The molecule has 0 saturated heterocycles. The number of nitrogens with one attached hydrogen (secondary N) is 1. The number of hydrogen-bond acceptors (Lipinski definition) is 9. The standard InChI is InChI=1S/C15H17ClN4O4S/c1-4-5-6-24-13(21)11-12(14(22)23-3)25-15(20-11)19-10-7-9(16)17-8(2)18-10/h7H,4-6H2,1-3H3,(H,17,18,19,20). The highest BCUT2D eigenvalue weighted by Crippen LogP contribution is 2.27. The van der Waals surface area contributed by atoms with Crippen molar-refractivity contribution in [2.75, 3.05) is 19.0 Å². The molecule has 0 aliphatic heterocycles. The van der Waals surface area contributed by atoms with Crippen LogP contribution in [-0.2, 0) is 9.47 Å². The minimum atomic E-state index is -0.671. The molecule has 0 radical (unpaired) electrons. The zero-order valence-electron chi connectivity index (χ0n) is 14.0. The number of aromatic nitrogens is 3. The van der Waals surface area contributed by atoms with Crippen molar-refractivity contribution in [3.05, 3.63) is 27.6 Å². The Balaban J connectivity index is 2.27. The van der Waals surface area contributed by atoms with E-state index in [1.54, 1.807) is 6.92 Å². The van der Waals surface area contributed by atoms with Crippen LogP contribution in [0.15, 0.2) is 6.07 Å². The summed E-state index contributed by atoms with van der Waals surface area (Å²) in [4.78, 5) is 36.4. The number of ether oxygens (including phenoxy) is 2. The second kappa shape index (κ2) is 8.72. The molecule has 0 aliphatic rings. The van der Waals surface area contributed by atoms with E-state index in [-0.39, 0.29) is 27.5 Å². The number of aryl methyl sites for hydroxylation is 1. The zero-order chi connectivity index (χ0) is 18.4. The van der Waals surface area contributed by atoms with Crippen LogP contribution in [0.25, 0.3) is 0 Å². The van der Waals surface area contributed by atoms with Crippen LogP contribution in [0.5, 0.6) is 0 Å². The zero-order valence-corrected chi connectivity index (χ0v) is 15.5. The average Bonchev–Trinajstić information content (AvgIpc) is 2.97. The lowest BCUT2D eigenvalue weighted by Gasteiger charge is -2.03. The van der Waals surface area contributed by atoms with Gasteiger partial charge in [0.2, 0.25) is 0 Å². The normalized spacial score (nSPS) is 10.4. The highest BCUT2D eigenvalue weighted by atomic mass is 35.5. The maximum atomic E-state index is 12.2. The van der Waals surface area contributed by atoms with Crippen molar-refractivity contribution in [3.8, 4) is 0 Å². The number of methoxy groups -OCH3 is 1. The Kier molecular flexibility index (Phi) is 6.65. The molecule has 2 aromatic rings. The van der Waals surface area contributed by atoms with Crippen molar-refractivity contribution >= 4 is 45.8 Å². The van der Waals surface area contributed by atoms with Crippen LogP contribution in [0.1, 0.15) is 45.7 Å². The molecule has 0 unspecified atom stereocenters. The first-order valence-corrected chi connectivity index (χ1v) is 8.68. The van der Waals surface area contributed by atoms with Gasteiger partial charge >= 0.3 is 11.9 Å². The molecule has 8 nitrogen and oxygen atoms in total.